The first-order valence-electron chi connectivity index (χ1n) is 7.17. The third kappa shape index (κ3) is 2.14. The van der Waals surface area contributed by atoms with Gasteiger partial charge >= 0.3 is 0 Å². The van der Waals surface area contributed by atoms with Gasteiger partial charge in [0.25, 0.3) is 0 Å². The Kier molecular flexibility index (Phi) is 3.00. The number of fused-ring (bicyclic) bond motifs is 2. The van der Waals surface area contributed by atoms with Crippen molar-refractivity contribution in [1.82, 2.24) is 0 Å². The molecule has 3 heteroatoms. The number of carbonyl (C=O) groups is 1. The molecular weight excluding hydrogens is 278 g/mol. The van der Waals surface area contributed by atoms with Crippen LogP contribution in [0.25, 0.3) is 10.1 Å². The summed E-state index contributed by atoms with van der Waals surface area (Å²) in [7, 11) is 0. The van der Waals surface area contributed by atoms with Crippen LogP contribution in [-0.4, -0.2) is 6.29 Å². The van der Waals surface area contributed by atoms with Crippen molar-refractivity contribution in [3.8, 4) is 0 Å². The summed E-state index contributed by atoms with van der Waals surface area (Å²) < 4.78 is 1.17. The van der Waals surface area contributed by atoms with E-state index in [1.165, 1.54) is 15.8 Å². The summed E-state index contributed by atoms with van der Waals surface area (Å²) >= 11 is 1.56. The zero-order chi connectivity index (χ0) is 14.2. The van der Waals surface area contributed by atoms with E-state index in [9.17, 15) is 4.79 Å². The Morgan fingerprint density at radius 3 is 2.95 bits per heavy atom. The Labute approximate surface area is 127 Å². The normalized spacial score (nSPS) is 16.9. The molecule has 21 heavy (non-hydrogen) atoms. The lowest BCUT2D eigenvalue weighted by molar-refractivity contribution is 0.112. The third-order valence-corrected chi connectivity index (χ3v) is 5.25. The number of carbonyl (C=O) groups excluding carboxylic acids is 1. The topological polar surface area (TPSA) is 29.1 Å². The van der Waals surface area contributed by atoms with E-state index in [-0.39, 0.29) is 0 Å². The van der Waals surface area contributed by atoms with E-state index < -0.39 is 0 Å². The summed E-state index contributed by atoms with van der Waals surface area (Å²) in [6.07, 6.45) is 3.19. The molecule has 0 unspecified atom stereocenters. The predicted octanol–water partition coefficient (Wildman–Crippen LogP) is 4.81. The highest BCUT2D eigenvalue weighted by atomic mass is 32.1. The van der Waals surface area contributed by atoms with E-state index in [0.717, 1.165) is 35.1 Å². The first kappa shape index (κ1) is 12.6. The van der Waals surface area contributed by atoms with Crippen molar-refractivity contribution in [1.29, 1.82) is 0 Å². The Morgan fingerprint density at radius 2 is 2.05 bits per heavy atom. The highest BCUT2D eigenvalue weighted by Gasteiger charge is 2.22. The molecule has 1 aromatic heterocycles. The minimum absolute atomic E-state index is 0.369. The van der Waals surface area contributed by atoms with Crippen LogP contribution < -0.4 is 5.32 Å². The summed E-state index contributed by atoms with van der Waals surface area (Å²) in [4.78, 5) is 11.8. The van der Waals surface area contributed by atoms with Crippen molar-refractivity contribution < 1.29 is 4.79 Å². The maximum absolute atomic E-state index is 11.0. The van der Waals surface area contributed by atoms with Crippen LogP contribution in [0.3, 0.4) is 0 Å². The van der Waals surface area contributed by atoms with Crippen LogP contribution in [0.2, 0.25) is 0 Å². The second-order valence-corrected chi connectivity index (χ2v) is 6.51. The van der Waals surface area contributed by atoms with Gasteiger partial charge in [0.15, 0.2) is 6.29 Å². The van der Waals surface area contributed by atoms with Crippen molar-refractivity contribution >= 4 is 33.4 Å². The highest BCUT2D eigenvalue weighted by Crippen LogP contribution is 2.37. The molecule has 4 rings (SSSR count). The Bertz CT molecular complexity index is 821. The van der Waals surface area contributed by atoms with Gasteiger partial charge in [-0.1, -0.05) is 36.4 Å². The summed E-state index contributed by atoms with van der Waals surface area (Å²) in [5.41, 5.74) is 3.98. The average molecular weight is 293 g/mol. The summed E-state index contributed by atoms with van der Waals surface area (Å²) in [6.45, 7) is 0. The number of aryl methyl sites for hydroxylation is 1. The van der Waals surface area contributed by atoms with Crippen LogP contribution in [0.1, 0.15) is 33.3 Å². The van der Waals surface area contributed by atoms with E-state index >= 15 is 0 Å². The fourth-order valence-corrected chi connectivity index (χ4v) is 4.10. The molecule has 1 heterocycles. The molecule has 2 nitrogen and oxygen atoms in total. The number of rotatable bonds is 3. The standard InChI is InChI=1S/C18H15NOS/c20-11-14-10-13-5-3-7-17(18(13)21-14)19-16-9-8-12-4-1-2-6-15(12)16/h1-7,10-11,16,19H,8-9H2/t16-/m1/s1. The second kappa shape index (κ2) is 5.01. The molecule has 1 aliphatic carbocycles. The maximum atomic E-state index is 11.0. The monoisotopic (exact) mass is 293 g/mol. The molecule has 0 aliphatic heterocycles. The minimum Gasteiger partial charge on any atom is -0.377 e. The number of anilines is 1. The van der Waals surface area contributed by atoms with E-state index in [0.29, 0.717) is 6.04 Å². The van der Waals surface area contributed by atoms with Crippen LogP contribution in [0.15, 0.2) is 48.5 Å². The lowest BCUT2D eigenvalue weighted by Gasteiger charge is -2.16. The van der Waals surface area contributed by atoms with Gasteiger partial charge in [-0.05, 0) is 41.5 Å². The zero-order valence-electron chi connectivity index (χ0n) is 11.5. The Hall–Kier alpha value is -2.13. The zero-order valence-corrected chi connectivity index (χ0v) is 12.3. The number of aldehydes is 1. The largest absolute Gasteiger partial charge is 0.377 e. The number of hydrogen-bond donors (Lipinski definition) is 1. The predicted molar refractivity (Wildman–Crippen MR) is 88.3 cm³/mol. The lowest BCUT2D eigenvalue weighted by atomic mass is 10.1. The van der Waals surface area contributed by atoms with Crippen LogP contribution in [0.5, 0.6) is 0 Å². The van der Waals surface area contributed by atoms with Crippen molar-refractivity contribution in [3.05, 3.63) is 64.5 Å². The first-order chi connectivity index (χ1) is 10.3. The van der Waals surface area contributed by atoms with Crippen molar-refractivity contribution in [3.63, 3.8) is 0 Å². The molecule has 1 atom stereocenters. The quantitative estimate of drug-likeness (QED) is 0.702. The van der Waals surface area contributed by atoms with Gasteiger partial charge in [-0.2, -0.15) is 0 Å². The van der Waals surface area contributed by atoms with Gasteiger partial charge in [-0.3, -0.25) is 4.79 Å². The van der Waals surface area contributed by atoms with E-state index in [1.54, 1.807) is 11.3 Å². The molecule has 0 saturated carbocycles. The van der Waals surface area contributed by atoms with Gasteiger partial charge in [0.05, 0.1) is 21.3 Å². The maximum Gasteiger partial charge on any atom is 0.160 e. The molecule has 1 aliphatic rings. The lowest BCUT2D eigenvalue weighted by Crippen LogP contribution is -2.06. The van der Waals surface area contributed by atoms with Gasteiger partial charge in [0.2, 0.25) is 0 Å². The molecule has 0 spiro atoms. The molecule has 1 N–H and O–H groups in total. The fourth-order valence-electron chi connectivity index (χ4n) is 3.15. The van der Waals surface area contributed by atoms with Crippen LogP contribution >= 0.6 is 11.3 Å². The first-order valence-corrected chi connectivity index (χ1v) is 7.99. The summed E-state index contributed by atoms with van der Waals surface area (Å²) in [5.74, 6) is 0. The second-order valence-electron chi connectivity index (χ2n) is 5.42. The Morgan fingerprint density at radius 1 is 1.14 bits per heavy atom. The van der Waals surface area contributed by atoms with Gasteiger partial charge in [0.1, 0.15) is 0 Å². The van der Waals surface area contributed by atoms with Gasteiger partial charge in [-0.25, -0.2) is 0 Å². The molecule has 104 valence electrons. The number of benzene rings is 2. The molecule has 0 bridgehead atoms. The van der Waals surface area contributed by atoms with Gasteiger partial charge in [-0.15, -0.1) is 11.3 Å². The summed E-state index contributed by atoms with van der Waals surface area (Å²) in [6, 6.07) is 17.2. The molecule has 0 saturated heterocycles. The van der Waals surface area contributed by atoms with E-state index in [2.05, 4.69) is 41.7 Å². The summed E-state index contributed by atoms with van der Waals surface area (Å²) in [5, 5.41) is 4.81. The van der Waals surface area contributed by atoms with E-state index in [1.807, 2.05) is 12.1 Å². The molecule has 0 radical (unpaired) electrons. The molecule has 0 amide bonds. The van der Waals surface area contributed by atoms with Crippen molar-refractivity contribution in [2.45, 2.75) is 18.9 Å². The van der Waals surface area contributed by atoms with Crippen LogP contribution in [-0.2, 0) is 6.42 Å². The van der Waals surface area contributed by atoms with Crippen LogP contribution in [0, 0.1) is 0 Å². The number of hydrogen-bond acceptors (Lipinski definition) is 3. The molecule has 2 aromatic carbocycles. The number of thiophene rings is 1. The minimum atomic E-state index is 0.369. The smallest absolute Gasteiger partial charge is 0.160 e. The average Bonchev–Trinajstić information content (AvgIpc) is 3.12. The third-order valence-electron chi connectivity index (χ3n) is 4.14. The molecule has 0 fully saturated rings. The number of nitrogens with one attached hydrogen (secondary N) is 1. The van der Waals surface area contributed by atoms with E-state index in [4.69, 9.17) is 0 Å². The SMILES string of the molecule is O=Cc1cc2cccc(N[C@@H]3CCc4ccccc43)c2s1. The molecule has 3 aromatic rings. The van der Waals surface area contributed by atoms with Crippen LogP contribution in [0.4, 0.5) is 5.69 Å². The van der Waals surface area contributed by atoms with Crippen molar-refractivity contribution in [2.75, 3.05) is 5.32 Å². The Balaban J connectivity index is 1.72. The fraction of sp³-hybridized carbons (Fsp3) is 0.167. The van der Waals surface area contributed by atoms with Gasteiger partial charge in [0, 0.05) is 0 Å². The highest BCUT2D eigenvalue weighted by molar-refractivity contribution is 7.21. The molecular formula is C18H15NOS. The van der Waals surface area contributed by atoms with Gasteiger partial charge < -0.3 is 5.32 Å². The van der Waals surface area contributed by atoms with Crippen molar-refractivity contribution in [2.24, 2.45) is 0 Å².